The lowest BCUT2D eigenvalue weighted by atomic mass is 10.2. The molecule has 2 N–H and O–H groups in total. The van der Waals surface area contributed by atoms with Crippen molar-refractivity contribution in [2.24, 2.45) is 10.7 Å². The molecule has 7 nitrogen and oxygen atoms in total. The van der Waals surface area contributed by atoms with Gasteiger partial charge >= 0.3 is 0 Å². The van der Waals surface area contributed by atoms with Crippen LogP contribution in [0.2, 0.25) is 0 Å². The number of aromatic nitrogens is 1. The summed E-state index contributed by atoms with van der Waals surface area (Å²) in [6, 6.07) is 10.8. The van der Waals surface area contributed by atoms with Crippen LogP contribution in [0.4, 0.5) is 15.9 Å². The molecule has 0 radical (unpaired) electrons. The fourth-order valence-corrected chi connectivity index (χ4v) is 3.89. The van der Waals surface area contributed by atoms with E-state index >= 15 is 0 Å². The first-order valence-corrected chi connectivity index (χ1v) is 10.5. The average molecular weight is 412 g/mol. The van der Waals surface area contributed by atoms with Crippen LogP contribution in [-0.2, 0) is 6.54 Å². The number of hydrogen-bond donors (Lipinski definition) is 1. The highest BCUT2D eigenvalue weighted by molar-refractivity contribution is 5.78. The molecule has 2 aromatic rings. The Kier molecular flexibility index (Phi) is 6.32. The van der Waals surface area contributed by atoms with Gasteiger partial charge in [0.15, 0.2) is 5.96 Å². The van der Waals surface area contributed by atoms with Crippen molar-refractivity contribution in [3.8, 4) is 0 Å². The minimum atomic E-state index is -0.208. The summed E-state index contributed by atoms with van der Waals surface area (Å²) in [4.78, 5) is 18.2. The third kappa shape index (κ3) is 4.99. The fraction of sp³-hybridized carbons (Fsp3) is 0.455. The van der Waals surface area contributed by atoms with Crippen LogP contribution < -0.4 is 15.5 Å². The summed E-state index contributed by atoms with van der Waals surface area (Å²) in [5.41, 5.74) is 8.43. The molecule has 4 rings (SSSR count). The summed E-state index contributed by atoms with van der Waals surface area (Å²) in [5, 5.41) is 0. The molecule has 1 aromatic heterocycles. The van der Waals surface area contributed by atoms with Gasteiger partial charge in [0.2, 0.25) is 0 Å². The zero-order chi connectivity index (χ0) is 20.9. The van der Waals surface area contributed by atoms with Crippen LogP contribution in [0.1, 0.15) is 5.56 Å². The van der Waals surface area contributed by atoms with Crippen molar-refractivity contribution >= 4 is 17.5 Å². The number of rotatable bonds is 4. The van der Waals surface area contributed by atoms with E-state index in [0.717, 1.165) is 69.4 Å². The number of pyridine rings is 1. The van der Waals surface area contributed by atoms with Crippen LogP contribution in [0.25, 0.3) is 0 Å². The largest absolute Gasteiger partial charge is 0.370 e. The lowest BCUT2D eigenvalue weighted by Crippen LogP contribution is -2.51. The van der Waals surface area contributed by atoms with E-state index in [9.17, 15) is 4.39 Å². The Balaban J connectivity index is 1.31. The normalized spacial score (nSPS) is 18.7. The first-order chi connectivity index (χ1) is 14.6. The van der Waals surface area contributed by atoms with Crippen LogP contribution in [0.5, 0.6) is 0 Å². The molecule has 8 heteroatoms. The fourth-order valence-electron chi connectivity index (χ4n) is 3.89. The molecule has 2 aliphatic rings. The van der Waals surface area contributed by atoms with Crippen molar-refractivity contribution in [2.75, 3.05) is 69.2 Å². The Morgan fingerprint density at radius 1 is 0.967 bits per heavy atom. The summed E-state index contributed by atoms with van der Waals surface area (Å²) in [5.74, 6) is 1.38. The highest BCUT2D eigenvalue weighted by Crippen LogP contribution is 2.18. The number of hydrogen-bond acceptors (Lipinski definition) is 5. The van der Waals surface area contributed by atoms with E-state index in [1.54, 1.807) is 0 Å². The van der Waals surface area contributed by atoms with Crippen molar-refractivity contribution < 1.29 is 4.39 Å². The number of piperazine rings is 2. The molecule has 2 fully saturated rings. The maximum absolute atomic E-state index is 13.1. The molecule has 0 aliphatic carbocycles. The van der Waals surface area contributed by atoms with Gasteiger partial charge in [-0.15, -0.1) is 0 Å². The molecule has 2 saturated heterocycles. The van der Waals surface area contributed by atoms with E-state index in [4.69, 9.17) is 5.73 Å². The molecule has 160 valence electrons. The van der Waals surface area contributed by atoms with Crippen molar-refractivity contribution in [1.29, 1.82) is 0 Å². The molecule has 0 saturated carbocycles. The molecule has 3 heterocycles. The highest BCUT2D eigenvalue weighted by atomic mass is 19.1. The molecule has 30 heavy (non-hydrogen) atoms. The Bertz CT molecular complexity index is 854. The van der Waals surface area contributed by atoms with Crippen molar-refractivity contribution in [2.45, 2.75) is 6.54 Å². The topological polar surface area (TPSA) is 64.2 Å². The van der Waals surface area contributed by atoms with E-state index in [-0.39, 0.29) is 5.82 Å². The number of nitrogens with two attached hydrogens (primary N) is 1. The number of guanidine groups is 1. The lowest BCUT2D eigenvalue weighted by Gasteiger charge is -2.36. The van der Waals surface area contributed by atoms with Crippen LogP contribution in [0.15, 0.2) is 47.6 Å². The molecule has 1 aromatic carbocycles. The molecular weight excluding hydrogens is 381 g/mol. The number of halogens is 1. The number of nitrogens with zero attached hydrogens (tertiary/aromatic N) is 6. The van der Waals surface area contributed by atoms with Gasteiger partial charge in [0, 0.05) is 64.2 Å². The van der Waals surface area contributed by atoms with Gasteiger partial charge in [0.05, 0.1) is 6.54 Å². The number of likely N-dealkylation sites (N-methyl/N-ethyl adjacent to an activating group) is 1. The molecule has 0 unspecified atom stereocenters. The second-order valence-corrected chi connectivity index (χ2v) is 7.94. The second kappa shape index (κ2) is 9.30. The molecular formula is C22H30FN7. The maximum atomic E-state index is 13.1. The van der Waals surface area contributed by atoms with Gasteiger partial charge < -0.3 is 25.3 Å². The monoisotopic (exact) mass is 411 g/mol. The summed E-state index contributed by atoms with van der Waals surface area (Å²) in [7, 11) is 2.15. The third-order valence-corrected chi connectivity index (χ3v) is 5.86. The predicted molar refractivity (Wildman–Crippen MR) is 119 cm³/mol. The van der Waals surface area contributed by atoms with Crippen molar-refractivity contribution in [3.63, 3.8) is 0 Å². The third-order valence-electron chi connectivity index (χ3n) is 5.86. The quantitative estimate of drug-likeness (QED) is 0.609. The van der Waals surface area contributed by atoms with Gasteiger partial charge in [-0.05, 0) is 49.0 Å². The van der Waals surface area contributed by atoms with Crippen molar-refractivity contribution in [3.05, 3.63) is 54.0 Å². The maximum Gasteiger partial charge on any atom is 0.191 e. The Morgan fingerprint density at radius 3 is 2.33 bits per heavy atom. The molecule has 0 atom stereocenters. The average Bonchev–Trinajstić information content (AvgIpc) is 2.79. The first kappa shape index (κ1) is 20.4. The number of aliphatic imine (C=N–C) groups is 1. The van der Waals surface area contributed by atoms with E-state index in [0.29, 0.717) is 12.5 Å². The Hall–Kier alpha value is -2.87. The van der Waals surface area contributed by atoms with Crippen LogP contribution in [-0.4, -0.2) is 80.1 Å². The standard InChI is InChI=1S/C22H30FN7/c1-27-8-10-29(11-9-27)21-16-18(6-7-25-21)17-26-22(24)30-14-12-28(13-15-30)20-4-2-19(23)3-5-20/h2-7,16H,8-15,17H2,1H3,(H2,24,26). The highest BCUT2D eigenvalue weighted by Gasteiger charge is 2.19. The minimum absolute atomic E-state index is 0.208. The predicted octanol–water partition coefficient (Wildman–Crippen LogP) is 1.61. The summed E-state index contributed by atoms with van der Waals surface area (Å²) < 4.78 is 13.1. The minimum Gasteiger partial charge on any atom is -0.370 e. The molecule has 2 aliphatic heterocycles. The number of benzene rings is 1. The summed E-state index contributed by atoms with van der Waals surface area (Å²) in [6.45, 7) is 7.93. The first-order valence-electron chi connectivity index (χ1n) is 10.5. The van der Waals surface area contributed by atoms with Gasteiger partial charge in [-0.3, -0.25) is 0 Å². The van der Waals surface area contributed by atoms with E-state index in [1.807, 2.05) is 24.4 Å². The summed E-state index contributed by atoms with van der Waals surface area (Å²) in [6.07, 6.45) is 1.86. The summed E-state index contributed by atoms with van der Waals surface area (Å²) >= 11 is 0. The van der Waals surface area contributed by atoms with Gasteiger partial charge in [0.25, 0.3) is 0 Å². The van der Waals surface area contributed by atoms with Crippen LogP contribution in [0, 0.1) is 5.82 Å². The Labute approximate surface area is 177 Å². The smallest absolute Gasteiger partial charge is 0.191 e. The Morgan fingerprint density at radius 2 is 1.63 bits per heavy atom. The van der Waals surface area contributed by atoms with Gasteiger partial charge in [-0.1, -0.05) is 0 Å². The molecule has 0 spiro atoms. The van der Waals surface area contributed by atoms with E-state index in [1.165, 1.54) is 12.1 Å². The number of anilines is 2. The second-order valence-electron chi connectivity index (χ2n) is 7.94. The lowest BCUT2D eigenvalue weighted by molar-refractivity contribution is 0.312. The van der Waals surface area contributed by atoms with E-state index in [2.05, 4.69) is 42.7 Å². The zero-order valence-electron chi connectivity index (χ0n) is 17.5. The SMILES string of the molecule is CN1CCN(c2cc(CN=C(N)N3CCN(c4ccc(F)cc4)CC3)ccn2)CC1. The van der Waals surface area contributed by atoms with Gasteiger partial charge in [-0.2, -0.15) is 0 Å². The zero-order valence-corrected chi connectivity index (χ0v) is 17.5. The van der Waals surface area contributed by atoms with Crippen molar-refractivity contribution in [1.82, 2.24) is 14.8 Å². The van der Waals surface area contributed by atoms with Gasteiger partial charge in [0.1, 0.15) is 11.6 Å². The molecule has 0 amide bonds. The van der Waals surface area contributed by atoms with Crippen LogP contribution in [0.3, 0.4) is 0 Å². The van der Waals surface area contributed by atoms with Gasteiger partial charge in [-0.25, -0.2) is 14.4 Å². The van der Waals surface area contributed by atoms with E-state index < -0.39 is 0 Å². The molecule has 0 bridgehead atoms. The van der Waals surface area contributed by atoms with Crippen LogP contribution >= 0.6 is 0 Å².